The summed E-state index contributed by atoms with van der Waals surface area (Å²) in [4.78, 5) is 40.3. The lowest BCUT2D eigenvalue weighted by Crippen LogP contribution is -2.66. The molecule has 4 saturated heterocycles. The smallest absolute Gasteiger partial charge is 0.255 e. The van der Waals surface area contributed by atoms with E-state index in [2.05, 4.69) is 27.4 Å². The Morgan fingerprint density at radius 1 is 1.14 bits per heavy atom. The number of piperidine rings is 2. The summed E-state index contributed by atoms with van der Waals surface area (Å²) in [5, 5.41) is 5.86. The molecule has 0 aliphatic carbocycles. The highest BCUT2D eigenvalue weighted by Crippen LogP contribution is 2.28. The van der Waals surface area contributed by atoms with Crippen LogP contribution in [-0.4, -0.2) is 65.3 Å². The standard InChI is InChI=1S/C22H24N4O3/c27-20-7-6-19(21(28)24-20)26-11-15-9-14(4-5-18(15)22(26)29)3-1-2-8-25-12-16-10-17(13-25)23-16/h4-5,9,16-17,19,23H,2,6-8,10-13H2,(H,24,27,28). The molecule has 2 bridgehead atoms. The number of piperazine rings is 1. The molecular formula is C22H24N4O3. The fourth-order valence-corrected chi connectivity index (χ4v) is 4.82. The molecule has 3 unspecified atom stereocenters. The van der Waals surface area contributed by atoms with Crippen molar-refractivity contribution >= 4 is 17.7 Å². The Morgan fingerprint density at radius 2 is 1.93 bits per heavy atom. The molecule has 2 N–H and O–H groups in total. The third kappa shape index (κ3) is 3.54. The van der Waals surface area contributed by atoms with Crippen LogP contribution in [0.4, 0.5) is 0 Å². The first-order chi connectivity index (χ1) is 14.1. The number of nitrogens with one attached hydrogen (secondary N) is 2. The average Bonchev–Trinajstić information content (AvgIpc) is 3.01. The van der Waals surface area contributed by atoms with Crippen LogP contribution in [0.2, 0.25) is 0 Å². The summed E-state index contributed by atoms with van der Waals surface area (Å²) in [6, 6.07) is 6.39. The van der Waals surface area contributed by atoms with Gasteiger partial charge < -0.3 is 10.2 Å². The van der Waals surface area contributed by atoms with E-state index in [0.29, 0.717) is 30.6 Å². The number of benzene rings is 1. The van der Waals surface area contributed by atoms with E-state index in [9.17, 15) is 14.4 Å². The molecule has 4 fully saturated rings. The van der Waals surface area contributed by atoms with Gasteiger partial charge in [-0.3, -0.25) is 24.6 Å². The third-order valence-corrected chi connectivity index (χ3v) is 6.31. The van der Waals surface area contributed by atoms with Gasteiger partial charge >= 0.3 is 0 Å². The van der Waals surface area contributed by atoms with E-state index < -0.39 is 6.04 Å². The summed E-state index contributed by atoms with van der Waals surface area (Å²) >= 11 is 0. The van der Waals surface area contributed by atoms with Gasteiger partial charge in [0.1, 0.15) is 6.04 Å². The van der Waals surface area contributed by atoms with Gasteiger partial charge in [-0.15, -0.1) is 0 Å². The molecule has 3 amide bonds. The number of hydrogen-bond donors (Lipinski definition) is 2. The quantitative estimate of drug-likeness (QED) is 0.569. The normalized spacial score (nSPS) is 28.3. The summed E-state index contributed by atoms with van der Waals surface area (Å²) in [5.41, 5.74) is 2.42. The molecule has 5 aliphatic rings. The van der Waals surface area contributed by atoms with Crippen LogP contribution in [-0.2, 0) is 16.1 Å². The molecule has 29 heavy (non-hydrogen) atoms. The number of nitrogens with zero attached hydrogens (tertiary/aromatic N) is 2. The molecule has 5 heterocycles. The Kier molecular flexibility index (Phi) is 4.61. The minimum absolute atomic E-state index is 0.147. The first-order valence-corrected chi connectivity index (χ1v) is 10.3. The lowest BCUT2D eigenvalue weighted by molar-refractivity contribution is -0.136. The molecule has 7 nitrogen and oxygen atoms in total. The fourth-order valence-electron chi connectivity index (χ4n) is 4.82. The van der Waals surface area contributed by atoms with Crippen molar-refractivity contribution in [2.45, 2.75) is 50.4 Å². The maximum atomic E-state index is 12.7. The monoisotopic (exact) mass is 392 g/mol. The second-order valence-electron chi connectivity index (χ2n) is 8.38. The molecule has 0 radical (unpaired) electrons. The van der Waals surface area contributed by atoms with Crippen LogP contribution in [0.5, 0.6) is 0 Å². The number of rotatable bonds is 3. The first kappa shape index (κ1) is 18.3. The molecule has 5 aliphatic heterocycles. The number of carbonyl (C=O) groups excluding carboxylic acids is 3. The predicted octanol–water partition coefficient (Wildman–Crippen LogP) is 0.235. The summed E-state index contributed by atoms with van der Waals surface area (Å²) < 4.78 is 0. The Morgan fingerprint density at radius 3 is 2.69 bits per heavy atom. The molecule has 1 aromatic carbocycles. The topological polar surface area (TPSA) is 81.8 Å². The van der Waals surface area contributed by atoms with Crippen LogP contribution < -0.4 is 10.6 Å². The summed E-state index contributed by atoms with van der Waals surface area (Å²) in [6.45, 7) is 3.62. The Labute approximate surface area is 169 Å². The largest absolute Gasteiger partial charge is 0.322 e. The molecule has 0 saturated carbocycles. The van der Waals surface area contributed by atoms with Crippen LogP contribution in [0.25, 0.3) is 0 Å². The van der Waals surface area contributed by atoms with Crippen molar-refractivity contribution in [3.8, 4) is 11.8 Å². The summed E-state index contributed by atoms with van der Waals surface area (Å²) in [6.07, 6.45) is 2.79. The minimum Gasteiger partial charge on any atom is -0.322 e. The van der Waals surface area contributed by atoms with E-state index in [0.717, 1.165) is 37.2 Å². The van der Waals surface area contributed by atoms with Gasteiger partial charge in [-0.1, -0.05) is 11.8 Å². The van der Waals surface area contributed by atoms with E-state index in [1.807, 2.05) is 12.1 Å². The zero-order valence-electron chi connectivity index (χ0n) is 16.2. The van der Waals surface area contributed by atoms with E-state index in [1.54, 1.807) is 11.0 Å². The number of hydrogen-bond acceptors (Lipinski definition) is 5. The van der Waals surface area contributed by atoms with E-state index >= 15 is 0 Å². The molecule has 0 spiro atoms. The van der Waals surface area contributed by atoms with Gasteiger partial charge in [-0.05, 0) is 36.6 Å². The molecule has 1 aromatic rings. The van der Waals surface area contributed by atoms with Crippen LogP contribution in [0, 0.1) is 11.8 Å². The van der Waals surface area contributed by atoms with Crippen LogP contribution >= 0.6 is 0 Å². The van der Waals surface area contributed by atoms with E-state index in [4.69, 9.17) is 0 Å². The predicted molar refractivity (Wildman–Crippen MR) is 106 cm³/mol. The van der Waals surface area contributed by atoms with Crippen LogP contribution in [0.1, 0.15) is 47.2 Å². The fraction of sp³-hybridized carbons (Fsp3) is 0.500. The number of fused-ring (bicyclic) bond motifs is 3. The lowest BCUT2D eigenvalue weighted by Gasteiger charge is -2.48. The summed E-state index contributed by atoms with van der Waals surface area (Å²) in [7, 11) is 0. The number of carbonyl (C=O) groups is 3. The SMILES string of the molecule is O=C1CCC(N2Cc3cc(C#CCCN4CC5CC(C4)N5)ccc3C2=O)C(=O)N1. The Hall–Kier alpha value is -2.69. The maximum absolute atomic E-state index is 12.7. The van der Waals surface area contributed by atoms with Gasteiger partial charge in [-0.2, -0.15) is 0 Å². The highest BCUT2D eigenvalue weighted by Gasteiger charge is 2.39. The Balaban J connectivity index is 1.21. The first-order valence-electron chi connectivity index (χ1n) is 10.3. The maximum Gasteiger partial charge on any atom is 0.255 e. The van der Waals surface area contributed by atoms with Crippen molar-refractivity contribution in [2.24, 2.45) is 0 Å². The van der Waals surface area contributed by atoms with Crippen molar-refractivity contribution in [3.63, 3.8) is 0 Å². The second-order valence-corrected chi connectivity index (χ2v) is 8.38. The number of amides is 3. The zero-order valence-corrected chi connectivity index (χ0v) is 16.2. The van der Waals surface area contributed by atoms with E-state index in [1.165, 1.54) is 6.42 Å². The molecule has 150 valence electrons. The Bertz CT molecular complexity index is 931. The van der Waals surface area contributed by atoms with E-state index in [-0.39, 0.29) is 24.1 Å². The van der Waals surface area contributed by atoms with Gasteiger partial charge in [0.05, 0.1) is 0 Å². The molecule has 6 rings (SSSR count). The molecule has 0 aromatic heterocycles. The van der Waals surface area contributed by atoms with Crippen molar-refractivity contribution in [1.29, 1.82) is 0 Å². The van der Waals surface area contributed by atoms with Crippen molar-refractivity contribution < 1.29 is 14.4 Å². The zero-order chi connectivity index (χ0) is 20.0. The van der Waals surface area contributed by atoms with Gasteiger partial charge in [-0.25, -0.2) is 0 Å². The molecule has 3 atom stereocenters. The number of imide groups is 1. The van der Waals surface area contributed by atoms with Crippen LogP contribution in [0.15, 0.2) is 18.2 Å². The van der Waals surface area contributed by atoms with Gasteiger partial charge in [0.2, 0.25) is 11.8 Å². The van der Waals surface area contributed by atoms with Gasteiger partial charge in [0.15, 0.2) is 0 Å². The van der Waals surface area contributed by atoms with Gasteiger partial charge in [0, 0.05) is 62.2 Å². The molecular weight excluding hydrogens is 368 g/mol. The highest BCUT2D eigenvalue weighted by molar-refractivity contribution is 6.05. The lowest BCUT2D eigenvalue weighted by atomic mass is 9.91. The van der Waals surface area contributed by atoms with Crippen molar-refractivity contribution in [1.82, 2.24) is 20.4 Å². The third-order valence-electron chi connectivity index (χ3n) is 6.31. The molecule has 7 heteroatoms. The van der Waals surface area contributed by atoms with Crippen molar-refractivity contribution in [2.75, 3.05) is 19.6 Å². The average molecular weight is 392 g/mol. The minimum atomic E-state index is -0.577. The highest BCUT2D eigenvalue weighted by atomic mass is 16.2. The second kappa shape index (κ2) is 7.29. The van der Waals surface area contributed by atoms with Crippen LogP contribution in [0.3, 0.4) is 0 Å². The van der Waals surface area contributed by atoms with Gasteiger partial charge in [0.25, 0.3) is 5.91 Å². The summed E-state index contributed by atoms with van der Waals surface area (Å²) in [5.74, 6) is 5.67. The van der Waals surface area contributed by atoms with Crippen molar-refractivity contribution in [3.05, 3.63) is 34.9 Å².